The molecule has 1 aromatic carbocycles. The molecular formula is C15H11ClFNOS. The number of hydrogen-bond donors (Lipinski definition) is 1. The van der Waals surface area contributed by atoms with E-state index in [-0.39, 0.29) is 5.82 Å². The van der Waals surface area contributed by atoms with Gasteiger partial charge in [0.25, 0.3) is 0 Å². The molecule has 0 spiro atoms. The lowest BCUT2D eigenvalue weighted by atomic mass is 10.0. The second-order valence-electron chi connectivity index (χ2n) is 4.53. The Morgan fingerprint density at radius 2 is 2.15 bits per heavy atom. The fourth-order valence-electron chi connectivity index (χ4n) is 2.06. The van der Waals surface area contributed by atoms with Gasteiger partial charge in [-0.1, -0.05) is 17.7 Å². The second kappa shape index (κ2) is 5.48. The Kier molecular flexibility index (Phi) is 3.70. The van der Waals surface area contributed by atoms with E-state index in [9.17, 15) is 9.50 Å². The summed E-state index contributed by atoms with van der Waals surface area (Å²) in [4.78, 5) is 4.30. The summed E-state index contributed by atoms with van der Waals surface area (Å²) in [6, 6.07) is 8.05. The summed E-state index contributed by atoms with van der Waals surface area (Å²) in [6.45, 7) is 0. The molecule has 2 heterocycles. The minimum absolute atomic E-state index is 0.328. The molecule has 0 aliphatic rings. The van der Waals surface area contributed by atoms with E-state index in [0.29, 0.717) is 17.0 Å². The fourth-order valence-corrected chi connectivity index (χ4v) is 3.09. The maximum atomic E-state index is 13.0. The largest absolute Gasteiger partial charge is 0.388 e. The highest BCUT2D eigenvalue weighted by atomic mass is 35.5. The van der Waals surface area contributed by atoms with Crippen LogP contribution in [0.3, 0.4) is 0 Å². The van der Waals surface area contributed by atoms with Crippen molar-refractivity contribution in [2.75, 3.05) is 0 Å². The smallest absolute Gasteiger partial charge is 0.124 e. The molecule has 20 heavy (non-hydrogen) atoms. The molecule has 0 saturated carbocycles. The van der Waals surface area contributed by atoms with Crippen LogP contribution in [-0.2, 0) is 6.42 Å². The normalized spacial score (nSPS) is 12.8. The number of rotatable bonds is 3. The average Bonchev–Trinajstić information content (AvgIpc) is 2.89. The number of benzene rings is 1. The number of hydrogen-bond acceptors (Lipinski definition) is 3. The van der Waals surface area contributed by atoms with Gasteiger partial charge in [0.2, 0.25) is 0 Å². The third-order valence-electron chi connectivity index (χ3n) is 3.14. The lowest BCUT2D eigenvalue weighted by Crippen LogP contribution is -2.03. The molecule has 3 rings (SSSR count). The Hall–Kier alpha value is -1.49. The van der Waals surface area contributed by atoms with Crippen molar-refractivity contribution in [1.29, 1.82) is 0 Å². The number of thiophene rings is 1. The number of halogens is 2. The van der Waals surface area contributed by atoms with Crippen LogP contribution in [0.5, 0.6) is 0 Å². The van der Waals surface area contributed by atoms with E-state index in [4.69, 9.17) is 11.6 Å². The maximum absolute atomic E-state index is 13.0. The third-order valence-corrected chi connectivity index (χ3v) is 4.34. The monoisotopic (exact) mass is 307 g/mol. The van der Waals surface area contributed by atoms with E-state index >= 15 is 0 Å². The van der Waals surface area contributed by atoms with Crippen molar-refractivity contribution in [3.8, 4) is 0 Å². The van der Waals surface area contributed by atoms with E-state index < -0.39 is 6.10 Å². The van der Waals surface area contributed by atoms with Crippen molar-refractivity contribution >= 4 is 33.2 Å². The van der Waals surface area contributed by atoms with Gasteiger partial charge in [0.05, 0.1) is 16.3 Å². The maximum Gasteiger partial charge on any atom is 0.124 e. The van der Waals surface area contributed by atoms with Gasteiger partial charge in [0, 0.05) is 23.2 Å². The first-order valence-corrected chi connectivity index (χ1v) is 7.34. The van der Waals surface area contributed by atoms with E-state index in [0.717, 1.165) is 15.8 Å². The van der Waals surface area contributed by atoms with Gasteiger partial charge in [-0.15, -0.1) is 11.3 Å². The van der Waals surface area contributed by atoms with Crippen LogP contribution in [0.4, 0.5) is 4.39 Å². The van der Waals surface area contributed by atoms with E-state index in [2.05, 4.69) is 4.98 Å². The van der Waals surface area contributed by atoms with Gasteiger partial charge < -0.3 is 5.11 Å². The Morgan fingerprint density at radius 1 is 1.30 bits per heavy atom. The highest BCUT2D eigenvalue weighted by Gasteiger charge is 2.13. The molecule has 0 fully saturated rings. The highest BCUT2D eigenvalue weighted by Crippen LogP contribution is 2.27. The zero-order valence-corrected chi connectivity index (χ0v) is 12.0. The van der Waals surface area contributed by atoms with E-state index in [1.165, 1.54) is 12.1 Å². The second-order valence-corrected chi connectivity index (χ2v) is 5.88. The minimum atomic E-state index is -0.711. The summed E-state index contributed by atoms with van der Waals surface area (Å²) >= 11 is 7.56. The molecule has 1 unspecified atom stereocenters. The molecule has 0 saturated heterocycles. The molecule has 2 nitrogen and oxygen atoms in total. The molecule has 2 aromatic heterocycles. The molecule has 0 bridgehead atoms. The summed E-state index contributed by atoms with van der Waals surface area (Å²) in [6.07, 6.45) is 1.28. The predicted octanol–water partition coefficient (Wildman–Crippen LogP) is 4.36. The lowest BCUT2D eigenvalue weighted by molar-refractivity contribution is 0.178. The van der Waals surface area contributed by atoms with Gasteiger partial charge in [-0.05, 0) is 35.2 Å². The summed E-state index contributed by atoms with van der Waals surface area (Å²) in [5.74, 6) is -0.380. The number of nitrogens with zero attached hydrogens (tertiary/aromatic N) is 1. The molecule has 0 radical (unpaired) electrons. The topological polar surface area (TPSA) is 33.1 Å². The van der Waals surface area contributed by atoms with Crippen molar-refractivity contribution in [2.24, 2.45) is 0 Å². The van der Waals surface area contributed by atoms with Crippen LogP contribution in [0.25, 0.3) is 10.2 Å². The quantitative estimate of drug-likeness (QED) is 0.779. The molecule has 0 aliphatic heterocycles. The lowest BCUT2D eigenvalue weighted by Gasteiger charge is -2.12. The average molecular weight is 308 g/mol. The zero-order valence-electron chi connectivity index (χ0n) is 10.4. The zero-order chi connectivity index (χ0) is 14.1. The van der Waals surface area contributed by atoms with Crippen molar-refractivity contribution in [2.45, 2.75) is 12.5 Å². The van der Waals surface area contributed by atoms with Crippen LogP contribution in [0.1, 0.15) is 17.2 Å². The number of aromatic nitrogens is 1. The van der Waals surface area contributed by atoms with E-state index in [1.54, 1.807) is 23.6 Å². The first-order valence-electron chi connectivity index (χ1n) is 6.08. The summed E-state index contributed by atoms with van der Waals surface area (Å²) in [7, 11) is 0. The Bertz CT molecular complexity index is 758. The summed E-state index contributed by atoms with van der Waals surface area (Å²) < 4.78 is 14.0. The van der Waals surface area contributed by atoms with Crippen LogP contribution >= 0.6 is 22.9 Å². The Labute approximate surface area is 124 Å². The molecule has 1 atom stereocenters. The first-order chi connectivity index (χ1) is 9.63. The van der Waals surface area contributed by atoms with E-state index in [1.807, 2.05) is 17.5 Å². The number of pyridine rings is 1. The van der Waals surface area contributed by atoms with Crippen molar-refractivity contribution in [1.82, 2.24) is 4.98 Å². The predicted molar refractivity (Wildman–Crippen MR) is 79.7 cm³/mol. The SMILES string of the molecule is OC(Cc1ccc(F)cc1Cl)c1cnc2ccsc2c1. The van der Waals surface area contributed by atoms with Crippen molar-refractivity contribution < 1.29 is 9.50 Å². The van der Waals surface area contributed by atoms with Gasteiger partial charge in [0.1, 0.15) is 5.82 Å². The number of aliphatic hydroxyl groups is 1. The Morgan fingerprint density at radius 3 is 2.95 bits per heavy atom. The van der Waals surface area contributed by atoms with Crippen LogP contribution in [-0.4, -0.2) is 10.1 Å². The Balaban J connectivity index is 1.86. The minimum Gasteiger partial charge on any atom is -0.388 e. The van der Waals surface area contributed by atoms with Crippen LogP contribution in [0.2, 0.25) is 5.02 Å². The van der Waals surface area contributed by atoms with Crippen LogP contribution in [0, 0.1) is 5.82 Å². The summed E-state index contributed by atoms with van der Waals surface area (Å²) in [5.41, 5.74) is 2.37. The molecule has 3 aromatic rings. The molecule has 102 valence electrons. The molecular weight excluding hydrogens is 297 g/mol. The first kappa shape index (κ1) is 13.5. The van der Waals surface area contributed by atoms with Crippen LogP contribution < -0.4 is 0 Å². The highest BCUT2D eigenvalue weighted by molar-refractivity contribution is 7.17. The van der Waals surface area contributed by atoms with Gasteiger partial charge in [-0.25, -0.2) is 4.39 Å². The molecule has 0 aliphatic carbocycles. The molecule has 5 heteroatoms. The number of aliphatic hydroxyl groups excluding tert-OH is 1. The third kappa shape index (κ3) is 2.68. The van der Waals surface area contributed by atoms with Gasteiger partial charge in [-0.3, -0.25) is 4.98 Å². The number of fused-ring (bicyclic) bond motifs is 1. The van der Waals surface area contributed by atoms with Crippen LogP contribution in [0.15, 0.2) is 41.9 Å². The van der Waals surface area contributed by atoms with Gasteiger partial charge >= 0.3 is 0 Å². The molecule has 0 amide bonds. The summed E-state index contributed by atoms with van der Waals surface area (Å²) in [5, 5.41) is 12.6. The van der Waals surface area contributed by atoms with Gasteiger partial charge in [0.15, 0.2) is 0 Å². The fraction of sp³-hybridized carbons (Fsp3) is 0.133. The van der Waals surface area contributed by atoms with Crippen molar-refractivity contribution in [3.63, 3.8) is 0 Å². The standard InChI is InChI=1S/C15H11ClFNOS/c16-12-7-11(17)2-1-9(12)5-14(19)10-6-15-13(18-8-10)3-4-20-15/h1-4,6-8,14,19H,5H2. The molecule has 1 N–H and O–H groups in total. The van der Waals surface area contributed by atoms with Gasteiger partial charge in [-0.2, -0.15) is 0 Å². The van der Waals surface area contributed by atoms with Crippen molar-refractivity contribution in [3.05, 3.63) is 63.9 Å².